The highest BCUT2D eigenvalue weighted by atomic mass is 32.2. The zero-order valence-electron chi connectivity index (χ0n) is 17.6. The number of rotatable bonds is 6. The third-order valence-corrected chi connectivity index (χ3v) is 6.38. The van der Waals surface area contributed by atoms with E-state index in [0.717, 1.165) is 38.3 Å². The van der Waals surface area contributed by atoms with Crippen molar-refractivity contribution >= 4 is 23.5 Å². The highest BCUT2D eigenvalue weighted by molar-refractivity contribution is 7.99. The second-order valence-corrected chi connectivity index (χ2v) is 8.58. The first-order valence-corrected chi connectivity index (χ1v) is 11.2. The first kappa shape index (κ1) is 20.3. The van der Waals surface area contributed by atoms with Crippen molar-refractivity contribution in [1.82, 2.24) is 4.98 Å². The maximum atomic E-state index is 13.3. The van der Waals surface area contributed by atoms with Crippen LogP contribution in [0.1, 0.15) is 10.4 Å². The summed E-state index contributed by atoms with van der Waals surface area (Å²) in [6.07, 6.45) is 2.46. The monoisotopic (exact) mass is 440 g/mol. The van der Waals surface area contributed by atoms with Crippen LogP contribution >= 0.6 is 11.8 Å². The number of methoxy groups -OCH3 is 1. The molecular formula is C26H22N3O2S+. The summed E-state index contributed by atoms with van der Waals surface area (Å²) in [6, 6.07) is 27.5. The minimum Gasteiger partial charge on any atom is -0.497 e. The van der Waals surface area contributed by atoms with Gasteiger partial charge in [0.2, 0.25) is 0 Å². The Bertz CT molecular complexity index is 1250. The van der Waals surface area contributed by atoms with E-state index in [1.54, 1.807) is 11.7 Å². The van der Waals surface area contributed by atoms with Crippen LogP contribution in [0.3, 0.4) is 0 Å². The Morgan fingerprint density at radius 2 is 1.66 bits per heavy atom. The molecule has 3 aromatic carbocycles. The molecule has 4 aromatic rings. The van der Waals surface area contributed by atoms with E-state index >= 15 is 0 Å². The third-order valence-electron chi connectivity index (χ3n) is 5.39. The molecule has 0 fully saturated rings. The first-order valence-electron chi connectivity index (χ1n) is 10.4. The number of carbonyl (C=O) groups is 1. The highest BCUT2D eigenvalue weighted by Crippen LogP contribution is 2.34. The lowest BCUT2D eigenvalue weighted by molar-refractivity contribution is -0.554. The van der Waals surface area contributed by atoms with Crippen LogP contribution in [0.5, 0.6) is 5.75 Å². The topological polar surface area (TPSA) is 55.1 Å². The summed E-state index contributed by atoms with van der Waals surface area (Å²) < 4.78 is 6.99. The van der Waals surface area contributed by atoms with Crippen molar-refractivity contribution in [3.05, 3.63) is 96.7 Å². The van der Waals surface area contributed by atoms with Crippen LogP contribution in [0.2, 0.25) is 0 Å². The van der Waals surface area contributed by atoms with Gasteiger partial charge < -0.3 is 4.74 Å². The fourth-order valence-corrected chi connectivity index (χ4v) is 4.64. The lowest BCUT2D eigenvalue weighted by atomic mass is 10.1. The Kier molecular flexibility index (Phi) is 5.60. The molecule has 1 atom stereocenters. The second-order valence-electron chi connectivity index (χ2n) is 7.52. The summed E-state index contributed by atoms with van der Waals surface area (Å²) >= 11 is 1.53. The van der Waals surface area contributed by atoms with Gasteiger partial charge in [-0.1, -0.05) is 72.4 Å². The normalized spacial score (nSPS) is 14.7. The molecule has 0 radical (unpaired) electrons. The van der Waals surface area contributed by atoms with Crippen molar-refractivity contribution in [1.29, 1.82) is 0 Å². The van der Waals surface area contributed by atoms with Crippen LogP contribution in [0, 0.1) is 0 Å². The van der Waals surface area contributed by atoms with Crippen LogP contribution in [0.4, 0.5) is 5.82 Å². The number of benzene rings is 3. The Hall–Kier alpha value is -3.64. The van der Waals surface area contributed by atoms with E-state index in [-0.39, 0.29) is 11.9 Å². The summed E-state index contributed by atoms with van der Waals surface area (Å²) in [5.74, 6) is 1.56. The number of ether oxygens (including phenoxy) is 1. The number of nitrogens with zero attached hydrogens (tertiary/aromatic N) is 2. The van der Waals surface area contributed by atoms with Crippen molar-refractivity contribution in [3.8, 4) is 17.0 Å². The molecule has 5 nitrogen and oxygen atoms in total. The summed E-state index contributed by atoms with van der Waals surface area (Å²) in [5.41, 5.74) is 2.85. The maximum Gasteiger partial charge on any atom is 0.359 e. The molecule has 0 bridgehead atoms. The molecule has 1 aliphatic heterocycles. The van der Waals surface area contributed by atoms with Gasteiger partial charge in [0, 0.05) is 16.9 Å². The van der Waals surface area contributed by atoms with Gasteiger partial charge in [-0.3, -0.25) is 5.32 Å². The van der Waals surface area contributed by atoms with Gasteiger partial charge in [0.1, 0.15) is 17.6 Å². The lowest BCUT2D eigenvalue weighted by Crippen LogP contribution is -2.43. The average Bonchev–Trinajstić information content (AvgIpc) is 3.16. The molecule has 1 aromatic heterocycles. The van der Waals surface area contributed by atoms with Crippen molar-refractivity contribution in [3.63, 3.8) is 0 Å². The number of carbonyl (C=O) groups excluding carboxylic acids is 1. The highest BCUT2D eigenvalue weighted by Gasteiger charge is 2.41. The fourth-order valence-electron chi connectivity index (χ4n) is 3.74. The average molecular weight is 441 g/mol. The zero-order valence-corrected chi connectivity index (χ0v) is 18.4. The maximum absolute atomic E-state index is 13.3. The van der Waals surface area contributed by atoms with Gasteiger partial charge in [-0.25, -0.2) is 9.78 Å². The van der Waals surface area contributed by atoms with Gasteiger partial charge in [0.15, 0.2) is 11.1 Å². The van der Waals surface area contributed by atoms with Gasteiger partial charge in [-0.2, -0.15) is 4.57 Å². The van der Waals surface area contributed by atoms with E-state index in [1.807, 2.05) is 91.1 Å². The molecule has 0 saturated heterocycles. The van der Waals surface area contributed by atoms with Crippen molar-refractivity contribution in [2.24, 2.45) is 0 Å². The number of aromatic nitrogens is 2. The summed E-state index contributed by atoms with van der Waals surface area (Å²) in [7, 11) is 1.65. The molecule has 0 saturated carbocycles. The van der Waals surface area contributed by atoms with Gasteiger partial charge in [0.25, 0.3) is 0 Å². The largest absolute Gasteiger partial charge is 0.497 e. The summed E-state index contributed by atoms with van der Waals surface area (Å²) in [6.45, 7) is 0. The molecule has 1 unspecified atom stereocenters. The number of hydrogen-bond donors (Lipinski definition) is 1. The van der Waals surface area contributed by atoms with Crippen LogP contribution in [-0.2, 0) is 6.42 Å². The molecule has 2 heterocycles. The van der Waals surface area contributed by atoms with Gasteiger partial charge in [0.05, 0.1) is 7.11 Å². The van der Waals surface area contributed by atoms with Crippen LogP contribution in [-0.4, -0.2) is 24.0 Å². The number of anilines is 1. The molecule has 1 N–H and O–H groups in total. The number of nitrogens with one attached hydrogen (secondary N) is 1. The van der Waals surface area contributed by atoms with E-state index in [0.29, 0.717) is 6.42 Å². The third kappa shape index (κ3) is 4.09. The standard InChI is InChI=1S/C26H21N3O2S/c1-31-20-12-14-21(15-13-20)32-25-24-27-22(16-18-8-4-2-5-9-18)26(30)29(24)17-23(28-25)19-10-6-3-7-11-19/h2-15,17,22H,16H2,1H3/p+1. The van der Waals surface area contributed by atoms with Crippen molar-refractivity contribution in [2.75, 3.05) is 12.4 Å². The van der Waals surface area contributed by atoms with Gasteiger partial charge >= 0.3 is 11.7 Å². The van der Waals surface area contributed by atoms with E-state index < -0.39 is 0 Å². The van der Waals surface area contributed by atoms with E-state index in [1.165, 1.54) is 11.8 Å². The molecular weight excluding hydrogens is 418 g/mol. The Morgan fingerprint density at radius 1 is 0.969 bits per heavy atom. The number of fused-ring (bicyclic) bond motifs is 1. The van der Waals surface area contributed by atoms with Gasteiger partial charge in [-0.15, -0.1) is 0 Å². The molecule has 0 aliphatic carbocycles. The number of hydrogen-bond acceptors (Lipinski definition) is 5. The minimum atomic E-state index is -0.333. The molecule has 5 rings (SSSR count). The van der Waals surface area contributed by atoms with Crippen LogP contribution in [0.25, 0.3) is 11.3 Å². The predicted octanol–water partition coefficient (Wildman–Crippen LogP) is 4.87. The molecule has 0 amide bonds. The van der Waals surface area contributed by atoms with Crippen molar-refractivity contribution < 1.29 is 14.1 Å². The smallest absolute Gasteiger partial charge is 0.359 e. The molecule has 0 spiro atoms. The Morgan fingerprint density at radius 3 is 2.34 bits per heavy atom. The van der Waals surface area contributed by atoms with Crippen LogP contribution < -0.4 is 14.6 Å². The Balaban J connectivity index is 1.53. The minimum absolute atomic E-state index is 0.0278. The van der Waals surface area contributed by atoms with E-state index in [4.69, 9.17) is 9.72 Å². The Labute approximate surface area is 191 Å². The molecule has 158 valence electrons. The summed E-state index contributed by atoms with van der Waals surface area (Å²) in [5, 5.41) is 4.19. The SMILES string of the molecule is COc1ccc(Sc2nc(-c3ccccc3)c[n+]3c2NC(Cc2ccccc2)C3=O)cc1. The molecule has 6 heteroatoms. The van der Waals surface area contributed by atoms with E-state index in [9.17, 15) is 4.79 Å². The van der Waals surface area contributed by atoms with Crippen LogP contribution in [0.15, 0.2) is 101 Å². The predicted molar refractivity (Wildman–Crippen MR) is 125 cm³/mol. The zero-order chi connectivity index (χ0) is 21.9. The van der Waals surface area contributed by atoms with Gasteiger partial charge in [-0.05, 0) is 29.8 Å². The summed E-state index contributed by atoms with van der Waals surface area (Å²) in [4.78, 5) is 19.3. The van der Waals surface area contributed by atoms with Crippen molar-refractivity contribution in [2.45, 2.75) is 22.4 Å². The first-order chi connectivity index (χ1) is 15.7. The molecule has 1 aliphatic rings. The second kappa shape index (κ2) is 8.85. The molecule has 32 heavy (non-hydrogen) atoms. The quantitative estimate of drug-likeness (QED) is 0.434. The fraction of sp³-hybridized carbons (Fsp3) is 0.115. The van der Waals surface area contributed by atoms with E-state index in [2.05, 4.69) is 5.32 Å². The lowest BCUT2D eigenvalue weighted by Gasteiger charge is -2.07.